The highest BCUT2D eigenvalue weighted by molar-refractivity contribution is 5.94. The van der Waals surface area contributed by atoms with E-state index in [1.54, 1.807) is 18.3 Å². The number of primary amides is 1. The fraction of sp³-hybridized carbons (Fsp3) is 0.556. The van der Waals surface area contributed by atoms with Crippen molar-refractivity contribution in [3.8, 4) is 11.1 Å². The summed E-state index contributed by atoms with van der Waals surface area (Å²) in [5.41, 5.74) is 8.46. The Bertz CT molecular complexity index is 1080. The minimum Gasteiger partial charge on any atom is -0.366 e. The normalized spacial score (nSPS) is 19.5. The highest BCUT2D eigenvalue weighted by atomic mass is 16.2. The van der Waals surface area contributed by atoms with Crippen LogP contribution < -0.4 is 10.6 Å². The molecule has 9 heteroatoms. The lowest BCUT2D eigenvalue weighted by molar-refractivity contribution is -0.136. The molecule has 2 N–H and O–H groups in total. The van der Waals surface area contributed by atoms with Gasteiger partial charge in [0.2, 0.25) is 17.8 Å². The summed E-state index contributed by atoms with van der Waals surface area (Å²) >= 11 is 0. The number of rotatable bonds is 7. The molecule has 0 aliphatic carbocycles. The molecule has 0 radical (unpaired) electrons. The van der Waals surface area contributed by atoms with Crippen LogP contribution in [0.25, 0.3) is 11.1 Å². The standard InChI is InChI=1S/C27H39N7O2/c1-31(2)27-29-17-22(19-8-7-9-20(16-19)26(28)36)25(30-27)23-10-5-6-13-34(23)24(35)18-33(4)21-11-14-32(3)15-12-21/h7-9,16-17,21,23H,5-6,10-15,18H2,1-4H3,(H2,28,36)/t23-/m1/s1. The highest BCUT2D eigenvalue weighted by Crippen LogP contribution is 2.37. The number of carbonyl (C=O) groups is 2. The van der Waals surface area contributed by atoms with E-state index in [-0.39, 0.29) is 11.9 Å². The van der Waals surface area contributed by atoms with E-state index in [9.17, 15) is 9.59 Å². The predicted octanol–water partition coefficient (Wildman–Crippen LogP) is 2.39. The first-order valence-corrected chi connectivity index (χ1v) is 12.9. The zero-order valence-electron chi connectivity index (χ0n) is 22.0. The van der Waals surface area contributed by atoms with Crippen LogP contribution in [0.3, 0.4) is 0 Å². The number of amides is 2. The fourth-order valence-electron chi connectivity index (χ4n) is 5.30. The van der Waals surface area contributed by atoms with Gasteiger partial charge in [0.25, 0.3) is 0 Å². The van der Waals surface area contributed by atoms with Crippen LogP contribution in [0.1, 0.15) is 54.2 Å². The molecule has 2 amide bonds. The van der Waals surface area contributed by atoms with Gasteiger partial charge in [-0.05, 0) is 77.0 Å². The van der Waals surface area contributed by atoms with E-state index >= 15 is 0 Å². The topological polar surface area (TPSA) is 98.9 Å². The van der Waals surface area contributed by atoms with E-state index in [2.05, 4.69) is 28.9 Å². The summed E-state index contributed by atoms with van der Waals surface area (Å²) in [5, 5.41) is 0. The summed E-state index contributed by atoms with van der Waals surface area (Å²) < 4.78 is 0. The molecule has 1 aromatic carbocycles. The van der Waals surface area contributed by atoms with Gasteiger partial charge >= 0.3 is 0 Å². The first kappa shape index (κ1) is 26.0. The number of piperidine rings is 2. The molecule has 4 rings (SSSR count). The van der Waals surface area contributed by atoms with Crippen molar-refractivity contribution in [3.05, 3.63) is 41.7 Å². The summed E-state index contributed by atoms with van der Waals surface area (Å²) in [6, 6.07) is 7.52. The summed E-state index contributed by atoms with van der Waals surface area (Å²) in [7, 11) is 8.04. The average molecular weight is 494 g/mol. The number of nitrogens with two attached hydrogens (primary N) is 1. The van der Waals surface area contributed by atoms with Crippen LogP contribution >= 0.6 is 0 Å². The van der Waals surface area contributed by atoms with Crippen LogP contribution in [0.4, 0.5) is 5.95 Å². The Kier molecular flexibility index (Phi) is 8.21. The summed E-state index contributed by atoms with van der Waals surface area (Å²) in [5.74, 6) is 0.264. The number of hydrogen-bond donors (Lipinski definition) is 1. The Hall–Kier alpha value is -3.04. The molecule has 0 spiro atoms. The molecule has 9 nitrogen and oxygen atoms in total. The quantitative estimate of drug-likeness (QED) is 0.632. The number of benzene rings is 1. The van der Waals surface area contributed by atoms with E-state index in [4.69, 9.17) is 10.7 Å². The van der Waals surface area contributed by atoms with Crippen molar-refractivity contribution in [1.29, 1.82) is 0 Å². The van der Waals surface area contributed by atoms with Crippen molar-refractivity contribution in [2.45, 2.75) is 44.2 Å². The molecule has 2 fully saturated rings. The largest absolute Gasteiger partial charge is 0.366 e. The molecular weight excluding hydrogens is 454 g/mol. The van der Waals surface area contributed by atoms with Crippen LogP contribution in [0.2, 0.25) is 0 Å². The summed E-state index contributed by atoms with van der Waals surface area (Å²) in [6.45, 7) is 3.25. The molecule has 0 unspecified atom stereocenters. The molecule has 1 aromatic heterocycles. The van der Waals surface area contributed by atoms with E-state index in [1.807, 2.05) is 36.0 Å². The molecule has 0 bridgehead atoms. The van der Waals surface area contributed by atoms with Gasteiger partial charge in [0, 0.05) is 44.0 Å². The number of likely N-dealkylation sites (N-methyl/N-ethyl adjacent to an activating group) is 1. The molecule has 0 saturated carbocycles. The zero-order chi connectivity index (χ0) is 25.8. The van der Waals surface area contributed by atoms with Crippen molar-refractivity contribution in [2.24, 2.45) is 5.73 Å². The van der Waals surface area contributed by atoms with Gasteiger partial charge in [-0.1, -0.05) is 12.1 Å². The van der Waals surface area contributed by atoms with Gasteiger partial charge in [-0.25, -0.2) is 9.97 Å². The van der Waals surface area contributed by atoms with E-state index in [0.717, 1.165) is 62.0 Å². The first-order valence-electron chi connectivity index (χ1n) is 12.9. The van der Waals surface area contributed by atoms with E-state index in [1.165, 1.54) is 0 Å². The van der Waals surface area contributed by atoms with Crippen molar-refractivity contribution >= 4 is 17.8 Å². The second-order valence-corrected chi connectivity index (χ2v) is 10.4. The van der Waals surface area contributed by atoms with Crippen LogP contribution in [-0.4, -0.2) is 96.9 Å². The van der Waals surface area contributed by atoms with Crippen LogP contribution in [0.5, 0.6) is 0 Å². The van der Waals surface area contributed by atoms with E-state index in [0.29, 0.717) is 30.6 Å². The van der Waals surface area contributed by atoms with E-state index < -0.39 is 5.91 Å². The third kappa shape index (κ3) is 5.84. The van der Waals surface area contributed by atoms with Crippen molar-refractivity contribution in [2.75, 3.05) is 59.3 Å². The van der Waals surface area contributed by atoms with Crippen molar-refractivity contribution in [3.63, 3.8) is 0 Å². The summed E-state index contributed by atoms with van der Waals surface area (Å²) in [4.78, 5) is 43.4. The maximum Gasteiger partial charge on any atom is 0.248 e. The predicted molar refractivity (Wildman–Crippen MR) is 142 cm³/mol. The zero-order valence-corrected chi connectivity index (χ0v) is 22.0. The Labute approximate surface area is 214 Å². The molecule has 2 saturated heterocycles. The van der Waals surface area contributed by atoms with Gasteiger partial charge in [0.15, 0.2) is 0 Å². The number of nitrogens with zero attached hydrogens (tertiary/aromatic N) is 6. The van der Waals surface area contributed by atoms with Gasteiger partial charge in [-0.2, -0.15) is 0 Å². The molecule has 194 valence electrons. The maximum atomic E-state index is 13.7. The monoisotopic (exact) mass is 493 g/mol. The molecule has 3 heterocycles. The maximum absolute atomic E-state index is 13.7. The van der Waals surface area contributed by atoms with Gasteiger partial charge in [0.1, 0.15) is 0 Å². The van der Waals surface area contributed by atoms with Crippen LogP contribution in [0, 0.1) is 0 Å². The molecule has 2 aromatic rings. The average Bonchev–Trinajstić information content (AvgIpc) is 2.88. The molecule has 36 heavy (non-hydrogen) atoms. The second kappa shape index (κ2) is 11.3. The smallest absolute Gasteiger partial charge is 0.248 e. The van der Waals surface area contributed by atoms with Gasteiger partial charge in [0.05, 0.1) is 18.3 Å². The summed E-state index contributed by atoms with van der Waals surface area (Å²) in [6.07, 6.45) is 6.83. The third-order valence-corrected chi connectivity index (χ3v) is 7.50. The SMILES string of the molecule is CN1CCC(N(C)CC(=O)N2CCCC[C@@H]2c2nc(N(C)C)ncc2-c2cccc(C(N)=O)c2)CC1. The van der Waals surface area contributed by atoms with Crippen LogP contribution in [-0.2, 0) is 4.79 Å². The lowest BCUT2D eigenvalue weighted by Gasteiger charge is -2.39. The van der Waals surface area contributed by atoms with Gasteiger partial charge in [-0.15, -0.1) is 0 Å². The van der Waals surface area contributed by atoms with Crippen molar-refractivity contribution in [1.82, 2.24) is 24.7 Å². The highest BCUT2D eigenvalue weighted by Gasteiger charge is 2.33. The number of anilines is 1. The lowest BCUT2D eigenvalue weighted by Crippen LogP contribution is -2.48. The number of likely N-dealkylation sites (tertiary alicyclic amines) is 2. The Morgan fingerprint density at radius 1 is 1.08 bits per heavy atom. The molecule has 1 atom stereocenters. The Morgan fingerprint density at radius 3 is 2.53 bits per heavy atom. The van der Waals surface area contributed by atoms with Gasteiger partial charge in [-0.3, -0.25) is 14.5 Å². The molecule has 2 aliphatic rings. The van der Waals surface area contributed by atoms with Gasteiger partial charge < -0.3 is 20.4 Å². The molecule has 2 aliphatic heterocycles. The minimum absolute atomic E-state index is 0.142. The first-order chi connectivity index (χ1) is 17.2. The Balaban J connectivity index is 1.65. The fourth-order valence-corrected chi connectivity index (χ4v) is 5.30. The second-order valence-electron chi connectivity index (χ2n) is 10.4. The number of hydrogen-bond acceptors (Lipinski definition) is 7. The Morgan fingerprint density at radius 2 is 1.83 bits per heavy atom. The lowest BCUT2D eigenvalue weighted by atomic mass is 9.93. The third-order valence-electron chi connectivity index (χ3n) is 7.50. The van der Waals surface area contributed by atoms with Crippen molar-refractivity contribution < 1.29 is 9.59 Å². The van der Waals surface area contributed by atoms with Crippen LogP contribution in [0.15, 0.2) is 30.5 Å². The minimum atomic E-state index is -0.476. The number of carbonyl (C=O) groups excluding carboxylic acids is 2. The molecular formula is C27H39N7O2. The number of aromatic nitrogens is 2.